The second kappa shape index (κ2) is 11.2. The number of nitrogens with one attached hydrogen (secondary N) is 2. The van der Waals surface area contributed by atoms with Crippen LogP contribution in [0, 0.1) is 0 Å². The molecule has 2 aliphatic rings. The summed E-state index contributed by atoms with van der Waals surface area (Å²) in [6, 6.07) is 4.82. The molecule has 200 valence electrons. The van der Waals surface area contributed by atoms with Crippen LogP contribution in [0.5, 0.6) is 5.75 Å². The summed E-state index contributed by atoms with van der Waals surface area (Å²) >= 11 is 0. The largest absolute Gasteiger partial charge is 0.462 e. The summed E-state index contributed by atoms with van der Waals surface area (Å²) in [5.41, 5.74) is -2.56. The number of imide groups is 1. The lowest BCUT2D eigenvalue weighted by molar-refractivity contribution is -0.149. The van der Waals surface area contributed by atoms with Crippen molar-refractivity contribution in [1.82, 2.24) is 15.3 Å². The molecule has 2 fully saturated rings. The Morgan fingerprint density at radius 2 is 2.11 bits per heavy atom. The number of hydrogen-bond acceptors (Lipinski definition) is 9. The van der Waals surface area contributed by atoms with Gasteiger partial charge >= 0.3 is 19.7 Å². The summed E-state index contributed by atoms with van der Waals surface area (Å²) in [5, 5.41) is 14.9. The van der Waals surface area contributed by atoms with Crippen molar-refractivity contribution in [3.8, 4) is 5.75 Å². The van der Waals surface area contributed by atoms with Crippen molar-refractivity contribution in [3.05, 3.63) is 30.3 Å². The maximum Gasteiger partial charge on any atom is 0.459 e. The summed E-state index contributed by atoms with van der Waals surface area (Å²) in [5.74, 6) is -2.00. The SMILES string of the molecule is [2H]C([2H])([2H])C(OC(=O)[C@H](C)NP(=O)(OC[C@H]1O[C@@H](N2CCC(=O)NC2=O)[C@](C)(F)[C@@H]1O)Oc1ccccc1)C([2H])([2H])[2H]. The third kappa shape index (κ3) is 6.60. The number of esters is 1. The third-order valence-corrected chi connectivity index (χ3v) is 7.05. The molecule has 3 rings (SSSR count). The molecule has 6 atom stereocenters. The van der Waals surface area contributed by atoms with Gasteiger partial charge < -0.3 is 19.1 Å². The van der Waals surface area contributed by atoms with Crippen molar-refractivity contribution in [2.45, 2.75) is 70.2 Å². The standard InChI is InChI=1S/C22H31FN3O9P/c1-13(2)33-19(29)14(3)25-36(31,35-15-8-6-5-7-9-15)32-12-16-18(28)22(4,23)20(34-16)26-11-10-17(27)24-21(26)30/h5-9,13-14,16,18,20,28H,10-12H2,1-4H3,(H,25,31)(H,24,27,30)/t14-,16+,18+,20+,22+,36?/m0/s1/i1D3,2D3. The van der Waals surface area contributed by atoms with E-state index >= 15 is 4.39 Å². The van der Waals surface area contributed by atoms with E-state index in [-0.39, 0.29) is 18.7 Å². The minimum Gasteiger partial charge on any atom is -0.462 e. The zero-order valence-corrected chi connectivity index (χ0v) is 20.3. The van der Waals surface area contributed by atoms with Crippen LogP contribution in [0.15, 0.2) is 30.3 Å². The molecule has 14 heteroatoms. The molecular weight excluding hydrogens is 500 g/mol. The summed E-state index contributed by atoms with van der Waals surface area (Å²) < 4.78 is 94.7. The van der Waals surface area contributed by atoms with Crippen LogP contribution in [0.1, 0.15) is 42.2 Å². The van der Waals surface area contributed by atoms with Crippen LogP contribution in [0.3, 0.4) is 0 Å². The summed E-state index contributed by atoms with van der Waals surface area (Å²) in [6.07, 6.45) is -7.72. The summed E-state index contributed by atoms with van der Waals surface area (Å²) in [7, 11) is -4.65. The van der Waals surface area contributed by atoms with E-state index in [1.807, 2.05) is 5.32 Å². The smallest absolute Gasteiger partial charge is 0.459 e. The molecule has 12 nitrogen and oxygen atoms in total. The summed E-state index contributed by atoms with van der Waals surface area (Å²) in [4.78, 5) is 37.3. The van der Waals surface area contributed by atoms with E-state index in [2.05, 4.69) is 5.09 Å². The Kier molecular flexibility index (Phi) is 6.39. The molecule has 3 N–H and O–H groups in total. The average molecular weight is 538 g/mol. The molecule has 1 aromatic carbocycles. The molecule has 36 heavy (non-hydrogen) atoms. The van der Waals surface area contributed by atoms with Crippen molar-refractivity contribution in [3.63, 3.8) is 0 Å². The van der Waals surface area contributed by atoms with E-state index in [1.165, 1.54) is 24.3 Å². The second-order valence-electron chi connectivity index (χ2n) is 8.28. The number of nitrogens with zero attached hydrogens (tertiary/aromatic N) is 1. The zero-order valence-electron chi connectivity index (χ0n) is 25.4. The molecule has 0 aliphatic carbocycles. The van der Waals surface area contributed by atoms with Gasteiger partial charge in [-0.25, -0.2) is 13.8 Å². The van der Waals surface area contributed by atoms with Crippen molar-refractivity contribution >= 4 is 25.7 Å². The fourth-order valence-corrected chi connectivity index (χ4v) is 5.08. The maximum atomic E-state index is 15.6. The van der Waals surface area contributed by atoms with Crippen LogP contribution in [0.4, 0.5) is 9.18 Å². The Morgan fingerprint density at radius 3 is 2.75 bits per heavy atom. The predicted molar refractivity (Wildman–Crippen MR) is 123 cm³/mol. The molecule has 0 spiro atoms. The van der Waals surface area contributed by atoms with Crippen molar-refractivity contribution in [2.75, 3.05) is 13.2 Å². The van der Waals surface area contributed by atoms with Gasteiger partial charge in [0.15, 0.2) is 11.9 Å². The van der Waals surface area contributed by atoms with Crippen LogP contribution in [0.2, 0.25) is 0 Å². The minimum atomic E-state index is -4.65. The number of halogens is 1. The summed E-state index contributed by atoms with van der Waals surface area (Å²) in [6.45, 7) is -5.36. The fourth-order valence-electron chi connectivity index (χ4n) is 3.58. The third-order valence-electron chi connectivity index (χ3n) is 5.40. The number of aliphatic hydroxyl groups is 1. The average Bonchev–Trinajstić information content (AvgIpc) is 3.08. The lowest BCUT2D eigenvalue weighted by atomic mass is 9.97. The highest BCUT2D eigenvalue weighted by Gasteiger charge is 2.58. The van der Waals surface area contributed by atoms with Crippen molar-refractivity contribution in [1.29, 1.82) is 0 Å². The van der Waals surface area contributed by atoms with Gasteiger partial charge in [-0.2, -0.15) is 5.09 Å². The van der Waals surface area contributed by atoms with Crippen LogP contribution >= 0.6 is 7.75 Å². The molecule has 1 unspecified atom stereocenters. The molecule has 0 radical (unpaired) electrons. The van der Waals surface area contributed by atoms with Gasteiger partial charge in [-0.05, 0) is 39.7 Å². The number of rotatable bonds is 10. The first-order valence-electron chi connectivity index (χ1n) is 13.8. The molecule has 0 bridgehead atoms. The van der Waals surface area contributed by atoms with E-state index in [4.69, 9.17) is 26.7 Å². The first kappa shape index (κ1) is 20.5. The lowest BCUT2D eigenvalue weighted by Crippen LogP contribution is -2.59. The Hall–Kier alpha value is -2.57. The van der Waals surface area contributed by atoms with Crippen molar-refractivity contribution in [2.24, 2.45) is 0 Å². The predicted octanol–water partition coefficient (Wildman–Crippen LogP) is 1.88. The number of para-hydroxylation sites is 1. The number of benzene rings is 1. The van der Waals surface area contributed by atoms with E-state index in [0.717, 1.165) is 18.7 Å². The minimum absolute atomic E-state index is 0.0208. The van der Waals surface area contributed by atoms with E-state index in [9.17, 15) is 24.1 Å². The molecule has 2 saturated heterocycles. The molecule has 1 aromatic rings. The van der Waals surface area contributed by atoms with Gasteiger partial charge in [0.05, 0.1) is 12.7 Å². The topological polar surface area (TPSA) is 153 Å². The van der Waals surface area contributed by atoms with Crippen LogP contribution in [0.25, 0.3) is 0 Å². The lowest BCUT2D eigenvalue weighted by Gasteiger charge is -2.35. The number of hydrogen-bond donors (Lipinski definition) is 3. The molecule has 2 heterocycles. The highest BCUT2D eigenvalue weighted by atomic mass is 31.2. The number of alkyl halides is 1. The zero-order chi connectivity index (χ0) is 31.7. The van der Waals surface area contributed by atoms with Crippen LogP contribution in [-0.4, -0.2) is 77.3 Å². The number of aliphatic hydroxyl groups excluding tert-OH is 1. The van der Waals surface area contributed by atoms with Crippen LogP contribution in [-0.2, 0) is 28.2 Å². The second-order valence-corrected chi connectivity index (χ2v) is 9.98. The Balaban J connectivity index is 1.77. The fraction of sp³-hybridized carbons (Fsp3) is 0.591. The molecule has 0 aromatic heterocycles. The van der Waals surface area contributed by atoms with Gasteiger partial charge in [0.25, 0.3) is 0 Å². The van der Waals surface area contributed by atoms with E-state index < -0.39 is 82.2 Å². The number of carbonyl (C=O) groups is 3. The molecule has 3 amide bonds. The first-order valence-corrected chi connectivity index (χ1v) is 12.4. The normalized spacial score (nSPS) is 32.1. The van der Waals surface area contributed by atoms with E-state index in [1.54, 1.807) is 6.07 Å². The van der Waals surface area contributed by atoms with Gasteiger partial charge in [-0.3, -0.25) is 24.3 Å². The Morgan fingerprint density at radius 1 is 1.42 bits per heavy atom. The maximum absolute atomic E-state index is 15.6. The molecule has 0 saturated carbocycles. The number of ether oxygens (including phenoxy) is 2. The first-order chi connectivity index (χ1) is 19.2. The van der Waals surface area contributed by atoms with Gasteiger partial charge in [0.2, 0.25) is 5.91 Å². The molecule has 2 aliphatic heterocycles. The number of urea groups is 1. The Labute approximate surface area is 216 Å². The van der Waals surface area contributed by atoms with Crippen LogP contribution < -0.4 is 14.9 Å². The highest BCUT2D eigenvalue weighted by molar-refractivity contribution is 7.52. The van der Waals surface area contributed by atoms with Gasteiger partial charge in [-0.15, -0.1) is 0 Å². The number of carbonyl (C=O) groups excluding carboxylic acids is 3. The van der Waals surface area contributed by atoms with E-state index in [0.29, 0.717) is 0 Å². The number of amides is 3. The quantitative estimate of drug-likeness (QED) is 0.298. The van der Waals surface area contributed by atoms with Crippen molar-refractivity contribution < 1.29 is 55.2 Å². The van der Waals surface area contributed by atoms with Gasteiger partial charge in [-0.1, -0.05) is 18.2 Å². The van der Waals surface area contributed by atoms with Gasteiger partial charge in [0, 0.05) is 21.2 Å². The Bertz CT molecular complexity index is 1190. The van der Waals surface area contributed by atoms with Gasteiger partial charge in [0.1, 0.15) is 24.0 Å². The monoisotopic (exact) mass is 537 g/mol. The highest BCUT2D eigenvalue weighted by Crippen LogP contribution is 2.46. The molecular formula is C22H31FN3O9P.